The second kappa shape index (κ2) is 11.2. The highest BCUT2D eigenvalue weighted by molar-refractivity contribution is 8.44. The average Bonchev–Trinajstić information content (AvgIpc) is 3.67. The Balaban J connectivity index is 1.16. The van der Waals surface area contributed by atoms with Crippen molar-refractivity contribution in [3.05, 3.63) is 29.3 Å². The number of aromatic nitrogens is 8. The molecule has 0 aromatic carbocycles. The molecule has 7 atom stereocenters. The molecule has 0 aliphatic carbocycles. The van der Waals surface area contributed by atoms with Crippen molar-refractivity contribution in [3.8, 4) is 0 Å². The Morgan fingerprint density at radius 2 is 1.81 bits per heavy atom. The van der Waals surface area contributed by atoms with E-state index in [1.165, 1.54) is 23.5 Å². The predicted octanol–water partition coefficient (Wildman–Crippen LogP) is 0.712. The zero-order valence-corrected chi connectivity index (χ0v) is 24.7. The van der Waals surface area contributed by atoms with Crippen LogP contribution in [0.1, 0.15) is 31.7 Å². The Kier molecular flexibility index (Phi) is 7.86. The summed E-state index contributed by atoms with van der Waals surface area (Å²) in [5.74, 6) is 0.0922. The van der Waals surface area contributed by atoms with Crippen molar-refractivity contribution in [1.29, 1.82) is 0 Å². The molecule has 23 heteroatoms. The summed E-state index contributed by atoms with van der Waals surface area (Å²) in [5, 5.41) is 0. The van der Waals surface area contributed by atoms with Gasteiger partial charge in [-0.15, -0.1) is 0 Å². The third-order valence-electron chi connectivity index (χ3n) is 6.52. The first-order chi connectivity index (χ1) is 19.9. The van der Waals surface area contributed by atoms with E-state index in [2.05, 4.69) is 42.2 Å². The summed E-state index contributed by atoms with van der Waals surface area (Å²) in [6, 6.07) is 0. The first-order valence-corrected chi connectivity index (χ1v) is 17.5. The van der Waals surface area contributed by atoms with E-state index in [1.807, 2.05) is 0 Å². The number of rotatable bonds is 9. The monoisotopic (exact) mass is 662 g/mol. The van der Waals surface area contributed by atoms with Gasteiger partial charge >= 0.3 is 13.5 Å². The number of imidazole rings is 2. The first-order valence-electron chi connectivity index (χ1n) is 12.2. The van der Waals surface area contributed by atoms with Crippen LogP contribution in [0.25, 0.3) is 22.3 Å². The topological polar surface area (TPSA) is 263 Å². The third-order valence-corrected chi connectivity index (χ3v) is 8.91. The van der Waals surface area contributed by atoms with Crippen LogP contribution >= 0.6 is 25.8 Å². The van der Waals surface area contributed by atoms with Gasteiger partial charge in [0.25, 0.3) is 5.56 Å². The first kappa shape index (κ1) is 29.5. The lowest BCUT2D eigenvalue weighted by Gasteiger charge is -2.25. The number of hydrogen-bond donors (Lipinski definition) is 6. The molecule has 226 valence electrons. The highest BCUT2D eigenvalue weighted by atomic mass is 32.7. The number of anilines is 2. The van der Waals surface area contributed by atoms with Crippen LogP contribution in [0, 0.1) is 0 Å². The number of fused-ring (bicyclic) bond motifs is 2. The fourth-order valence-electron chi connectivity index (χ4n) is 4.75. The molecular formula is C19H24N10O9P2S2. The molecule has 2 unspecified atom stereocenters. The molecule has 4 aromatic rings. The molecule has 2 aliphatic heterocycles. The number of thiol groups is 1. The molecule has 19 nitrogen and oxygen atoms in total. The Hall–Kier alpha value is -2.55. The molecule has 2 fully saturated rings. The van der Waals surface area contributed by atoms with E-state index >= 15 is 0 Å². The minimum absolute atomic E-state index is 0.0787. The second-order valence-electron chi connectivity index (χ2n) is 9.32. The fourth-order valence-corrected chi connectivity index (χ4v) is 6.98. The van der Waals surface area contributed by atoms with Gasteiger partial charge in [-0.2, -0.15) is 4.98 Å². The third kappa shape index (κ3) is 6.08. The van der Waals surface area contributed by atoms with Gasteiger partial charge in [-0.1, -0.05) is 12.2 Å². The van der Waals surface area contributed by atoms with E-state index < -0.39 is 56.6 Å². The largest absolute Gasteiger partial charge is 0.383 e. The Bertz CT molecular complexity index is 1800. The maximum Gasteiger partial charge on any atom is 0.383 e. The minimum atomic E-state index is -4.17. The normalized spacial score (nSPS) is 27.5. The van der Waals surface area contributed by atoms with Gasteiger partial charge < -0.3 is 35.3 Å². The molecule has 0 radical (unpaired) electrons. The van der Waals surface area contributed by atoms with E-state index in [1.54, 1.807) is 4.57 Å². The van der Waals surface area contributed by atoms with Crippen molar-refractivity contribution in [3.63, 3.8) is 0 Å². The summed E-state index contributed by atoms with van der Waals surface area (Å²) in [4.78, 5) is 55.5. The van der Waals surface area contributed by atoms with Gasteiger partial charge in [0.15, 0.2) is 28.9 Å². The molecule has 2 saturated heterocycles. The summed E-state index contributed by atoms with van der Waals surface area (Å²) < 4.78 is 43.2. The number of nitrogens with zero attached hydrogens (tertiary/aromatic N) is 7. The second-order valence-corrected chi connectivity index (χ2v) is 14.8. The molecule has 6 heterocycles. The zero-order chi connectivity index (χ0) is 29.8. The van der Waals surface area contributed by atoms with Gasteiger partial charge in [-0.05, 0) is 18.2 Å². The van der Waals surface area contributed by atoms with Crippen molar-refractivity contribution in [2.75, 3.05) is 18.1 Å². The predicted molar refractivity (Wildman–Crippen MR) is 151 cm³/mol. The molecule has 0 spiro atoms. The Labute approximate surface area is 245 Å². The van der Waals surface area contributed by atoms with Crippen LogP contribution in [0.15, 0.2) is 23.8 Å². The van der Waals surface area contributed by atoms with Crippen LogP contribution < -0.4 is 17.0 Å². The number of nitrogens with one attached hydrogen (secondary N) is 1. The molecule has 0 amide bonds. The number of aromatic amines is 1. The van der Waals surface area contributed by atoms with Gasteiger partial charge in [-0.3, -0.25) is 28.0 Å². The van der Waals surface area contributed by atoms with E-state index in [4.69, 9.17) is 46.3 Å². The van der Waals surface area contributed by atoms with Crippen molar-refractivity contribution < 1.29 is 37.4 Å². The minimum Gasteiger partial charge on any atom is -0.382 e. The molecule has 42 heavy (non-hydrogen) atoms. The van der Waals surface area contributed by atoms with Gasteiger partial charge in [0.2, 0.25) is 5.95 Å². The smallest absolute Gasteiger partial charge is 0.382 e. The summed E-state index contributed by atoms with van der Waals surface area (Å²) >= 11 is 8.82. The lowest BCUT2D eigenvalue weighted by Crippen LogP contribution is -2.28. The van der Waals surface area contributed by atoms with Crippen LogP contribution in [-0.2, 0) is 39.4 Å². The quantitative estimate of drug-likeness (QED) is 0.106. The molecule has 6 rings (SSSR count). The molecule has 0 saturated carbocycles. The van der Waals surface area contributed by atoms with Crippen LogP contribution in [0.2, 0.25) is 0 Å². The van der Waals surface area contributed by atoms with Crippen molar-refractivity contribution in [2.45, 2.75) is 50.2 Å². The van der Waals surface area contributed by atoms with Gasteiger partial charge in [0.1, 0.15) is 30.4 Å². The standard InChI is InChI=1S/C19H24N10O9P2S2/c20-15-13-16(23-5-22-15)29(6-24-13)11-3-8(9(35-11)4-34-39(31,32)41)37-40(33,42)38-12-2-1-10(36-12)28-7-25-14-17(28)26-19(21)27-18(14)30/h5-12H,1-4H2,(H,33,42)(H2,20,22,23)(H2,31,32,41)(H3,21,26,27,30)/t8-,9+,10+,11+,12+,40?/m0/s1. The molecule has 7 N–H and O–H groups in total. The van der Waals surface area contributed by atoms with Crippen LogP contribution in [0.4, 0.5) is 11.8 Å². The van der Waals surface area contributed by atoms with Gasteiger partial charge in [0, 0.05) is 12.8 Å². The molecule has 4 aromatic heterocycles. The highest BCUT2D eigenvalue weighted by Crippen LogP contribution is 2.53. The molecule has 0 bridgehead atoms. The summed E-state index contributed by atoms with van der Waals surface area (Å²) in [7, 11) is 0. The maximum atomic E-state index is 12.1. The van der Waals surface area contributed by atoms with E-state index in [-0.39, 0.29) is 29.4 Å². The molecular weight excluding hydrogens is 638 g/mol. The number of ether oxygens (including phenoxy) is 2. The SMILES string of the molecule is Nc1nc2c(ncn2[C@H]2CC[C@@H](OP(O)(=S)O[C@H]3C[C@H](n4cnc5c(N)ncnc54)O[C@@H]3COP(=O)(O)S)O2)c(=O)[nH]1. The van der Waals surface area contributed by atoms with Crippen molar-refractivity contribution in [1.82, 2.24) is 39.0 Å². The van der Waals surface area contributed by atoms with E-state index in [9.17, 15) is 19.1 Å². The number of nitrogen functional groups attached to an aromatic ring is 2. The lowest BCUT2D eigenvalue weighted by molar-refractivity contribution is -0.106. The summed E-state index contributed by atoms with van der Waals surface area (Å²) in [6.07, 6.45) is 0.673. The van der Waals surface area contributed by atoms with Crippen molar-refractivity contribution in [2.24, 2.45) is 0 Å². The van der Waals surface area contributed by atoms with Crippen LogP contribution in [0.3, 0.4) is 0 Å². The van der Waals surface area contributed by atoms with E-state index in [0.717, 1.165) is 0 Å². The Morgan fingerprint density at radius 3 is 2.57 bits per heavy atom. The van der Waals surface area contributed by atoms with Crippen LogP contribution in [-0.4, -0.2) is 73.9 Å². The van der Waals surface area contributed by atoms with Gasteiger partial charge in [0.05, 0.1) is 25.4 Å². The number of H-pyrrole nitrogens is 1. The molecule has 2 aliphatic rings. The summed E-state index contributed by atoms with van der Waals surface area (Å²) in [5.41, 5.74) is 12.1. The van der Waals surface area contributed by atoms with Gasteiger partial charge in [-0.25, -0.2) is 24.5 Å². The Morgan fingerprint density at radius 1 is 1.07 bits per heavy atom. The van der Waals surface area contributed by atoms with E-state index in [0.29, 0.717) is 24.0 Å². The number of nitrogens with two attached hydrogens (primary N) is 2. The highest BCUT2D eigenvalue weighted by Gasteiger charge is 2.43. The number of hydrogen-bond acceptors (Lipinski definition) is 15. The van der Waals surface area contributed by atoms with Crippen molar-refractivity contribution >= 4 is 71.7 Å². The lowest BCUT2D eigenvalue weighted by atomic mass is 10.2. The summed E-state index contributed by atoms with van der Waals surface area (Å²) in [6.45, 7) is -8.57. The zero-order valence-electron chi connectivity index (χ0n) is 21.2. The fraction of sp³-hybridized carbons (Fsp3) is 0.474. The maximum absolute atomic E-state index is 12.1. The average molecular weight is 663 g/mol. The van der Waals surface area contributed by atoms with Crippen LogP contribution in [0.5, 0.6) is 0 Å².